The molecule has 3 N–H and O–H groups in total. The molecule has 0 aliphatic carbocycles. The molecule has 1 atom stereocenters. The third-order valence-corrected chi connectivity index (χ3v) is 4.71. The normalized spacial score (nSPS) is 13.5. The number of nitrogen functional groups attached to an aromatic ring is 1. The highest BCUT2D eigenvalue weighted by Crippen LogP contribution is 2.36. The lowest BCUT2D eigenvalue weighted by Crippen LogP contribution is -2.08. The van der Waals surface area contributed by atoms with Crippen LogP contribution < -0.4 is 5.73 Å². The van der Waals surface area contributed by atoms with E-state index in [1.54, 1.807) is 17.5 Å². The highest BCUT2D eigenvalue weighted by atomic mass is 32.1. The number of rotatable bonds is 2. The lowest BCUT2D eigenvalue weighted by Gasteiger charge is -2.16. The largest absolute Gasteiger partial charge is 0.383 e. The van der Waals surface area contributed by atoms with Crippen LogP contribution in [0.15, 0.2) is 24.4 Å². The summed E-state index contributed by atoms with van der Waals surface area (Å²) in [7, 11) is 0. The first-order valence-electron chi connectivity index (χ1n) is 6.30. The van der Waals surface area contributed by atoms with Gasteiger partial charge in [-0.05, 0) is 36.1 Å². The Bertz CT molecular complexity index is 564. The van der Waals surface area contributed by atoms with Gasteiger partial charge in [-0.15, -0.1) is 11.3 Å². The monoisotopic (exact) mass is 276 g/mol. The van der Waals surface area contributed by atoms with Gasteiger partial charge in [-0.3, -0.25) is 0 Å². The zero-order valence-corrected chi connectivity index (χ0v) is 12.6. The smallest absolute Gasteiger partial charge is 0.129 e. The Balaban J connectivity index is 2.40. The van der Waals surface area contributed by atoms with E-state index < -0.39 is 6.10 Å². The SMILES string of the molecule is Cc1ccnc(N)c1C(O)c1ccc(C(C)(C)C)s1. The van der Waals surface area contributed by atoms with Gasteiger partial charge in [0, 0.05) is 21.5 Å². The molecule has 0 amide bonds. The molecule has 0 fully saturated rings. The lowest BCUT2D eigenvalue weighted by atomic mass is 9.95. The molecule has 0 aromatic carbocycles. The van der Waals surface area contributed by atoms with Gasteiger partial charge in [-0.2, -0.15) is 0 Å². The molecular weight excluding hydrogens is 256 g/mol. The first-order chi connectivity index (χ1) is 8.80. The van der Waals surface area contributed by atoms with E-state index in [9.17, 15) is 5.11 Å². The fraction of sp³-hybridized carbons (Fsp3) is 0.400. The van der Waals surface area contributed by atoms with E-state index in [-0.39, 0.29) is 5.41 Å². The second-order valence-corrected chi connectivity index (χ2v) is 6.90. The van der Waals surface area contributed by atoms with Gasteiger partial charge in [0.25, 0.3) is 0 Å². The number of aliphatic hydroxyl groups excluding tert-OH is 1. The number of hydrogen-bond donors (Lipinski definition) is 2. The number of aliphatic hydroxyl groups is 1. The first-order valence-corrected chi connectivity index (χ1v) is 7.11. The van der Waals surface area contributed by atoms with Crippen molar-refractivity contribution < 1.29 is 5.11 Å². The van der Waals surface area contributed by atoms with Crippen LogP contribution in [-0.2, 0) is 5.41 Å². The van der Waals surface area contributed by atoms with Gasteiger partial charge < -0.3 is 10.8 Å². The van der Waals surface area contributed by atoms with Crippen molar-refractivity contribution in [1.82, 2.24) is 4.98 Å². The molecule has 2 heterocycles. The average molecular weight is 276 g/mol. The standard InChI is InChI=1S/C15H20N2OS/c1-9-7-8-17-14(16)12(9)13(18)10-5-6-11(19-10)15(2,3)4/h5-8,13,18H,1-4H3,(H2,16,17). The Morgan fingerprint density at radius 3 is 2.47 bits per heavy atom. The number of nitrogens with zero attached hydrogens (tertiary/aromatic N) is 1. The van der Waals surface area contributed by atoms with Crippen LogP contribution in [-0.4, -0.2) is 10.1 Å². The van der Waals surface area contributed by atoms with Crippen molar-refractivity contribution in [3.05, 3.63) is 45.3 Å². The zero-order valence-electron chi connectivity index (χ0n) is 11.8. The van der Waals surface area contributed by atoms with E-state index in [0.29, 0.717) is 11.4 Å². The molecule has 0 saturated carbocycles. The summed E-state index contributed by atoms with van der Waals surface area (Å²) in [6.07, 6.45) is 0.963. The molecule has 0 saturated heterocycles. The minimum atomic E-state index is -0.699. The lowest BCUT2D eigenvalue weighted by molar-refractivity contribution is 0.224. The molecule has 2 aromatic heterocycles. The van der Waals surface area contributed by atoms with Crippen molar-refractivity contribution >= 4 is 17.2 Å². The Kier molecular flexibility index (Phi) is 3.65. The fourth-order valence-corrected chi connectivity index (χ4v) is 3.05. The minimum absolute atomic E-state index is 0.0954. The van der Waals surface area contributed by atoms with Crippen LogP contribution in [0.25, 0.3) is 0 Å². The highest BCUT2D eigenvalue weighted by Gasteiger charge is 2.22. The highest BCUT2D eigenvalue weighted by molar-refractivity contribution is 7.12. The number of pyridine rings is 1. The van der Waals surface area contributed by atoms with E-state index in [1.807, 2.05) is 19.1 Å². The number of aromatic nitrogens is 1. The maximum absolute atomic E-state index is 10.5. The maximum Gasteiger partial charge on any atom is 0.129 e. The Hall–Kier alpha value is -1.39. The summed E-state index contributed by atoms with van der Waals surface area (Å²) in [6, 6.07) is 5.92. The van der Waals surface area contributed by atoms with Gasteiger partial charge in [0.05, 0.1) is 0 Å². The van der Waals surface area contributed by atoms with E-state index in [4.69, 9.17) is 5.73 Å². The molecule has 0 aliphatic rings. The van der Waals surface area contributed by atoms with Crippen LogP contribution in [0.3, 0.4) is 0 Å². The molecular formula is C15H20N2OS. The topological polar surface area (TPSA) is 59.1 Å². The second-order valence-electron chi connectivity index (χ2n) is 5.78. The van der Waals surface area contributed by atoms with E-state index in [2.05, 4.69) is 31.8 Å². The van der Waals surface area contributed by atoms with Gasteiger partial charge in [0.1, 0.15) is 11.9 Å². The van der Waals surface area contributed by atoms with Crippen molar-refractivity contribution in [1.29, 1.82) is 0 Å². The maximum atomic E-state index is 10.5. The summed E-state index contributed by atoms with van der Waals surface area (Å²) >= 11 is 1.63. The molecule has 4 heteroatoms. The summed E-state index contributed by atoms with van der Waals surface area (Å²) in [5.41, 5.74) is 7.66. The molecule has 0 bridgehead atoms. The molecule has 102 valence electrons. The quantitative estimate of drug-likeness (QED) is 0.883. The van der Waals surface area contributed by atoms with Crippen molar-refractivity contribution in [2.45, 2.75) is 39.2 Å². The Labute approximate surface area is 118 Å². The molecule has 1 unspecified atom stereocenters. The molecule has 3 nitrogen and oxygen atoms in total. The van der Waals surface area contributed by atoms with Crippen LogP contribution in [0.1, 0.15) is 47.8 Å². The Morgan fingerprint density at radius 2 is 1.95 bits per heavy atom. The van der Waals surface area contributed by atoms with Crippen molar-refractivity contribution in [2.75, 3.05) is 5.73 Å². The number of hydrogen-bond acceptors (Lipinski definition) is 4. The summed E-state index contributed by atoms with van der Waals surface area (Å²) in [6.45, 7) is 8.44. The molecule has 0 aliphatic heterocycles. The summed E-state index contributed by atoms with van der Waals surface area (Å²) in [5.74, 6) is 0.401. The fourth-order valence-electron chi connectivity index (χ4n) is 1.99. The molecule has 2 aromatic rings. The predicted octanol–water partition coefficient (Wildman–Crippen LogP) is 3.41. The predicted molar refractivity (Wildman–Crippen MR) is 80.5 cm³/mol. The first kappa shape index (κ1) is 14.0. The van der Waals surface area contributed by atoms with Gasteiger partial charge in [0.2, 0.25) is 0 Å². The molecule has 2 rings (SSSR count). The van der Waals surface area contributed by atoms with Crippen LogP contribution in [0, 0.1) is 6.92 Å². The third-order valence-electron chi connectivity index (χ3n) is 3.15. The number of thiophene rings is 1. The van der Waals surface area contributed by atoms with Crippen LogP contribution in [0.5, 0.6) is 0 Å². The summed E-state index contributed by atoms with van der Waals surface area (Å²) in [4.78, 5) is 6.23. The average Bonchev–Trinajstić information content (AvgIpc) is 2.77. The minimum Gasteiger partial charge on any atom is -0.383 e. The van der Waals surface area contributed by atoms with Gasteiger partial charge in [-0.25, -0.2) is 4.98 Å². The molecule has 19 heavy (non-hydrogen) atoms. The molecule has 0 spiro atoms. The van der Waals surface area contributed by atoms with Crippen molar-refractivity contribution in [3.63, 3.8) is 0 Å². The van der Waals surface area contributed by atoms with Crippen LogP contribution in [0.4, 0.5) is 5.82 Å². The molecule has 0 radical (unpaired) electrons. The summed E-state index contributed by atoms with van der Waals surface area (Å²) < 4.78 is 0. The number of nitrogens with two attached hydrogens (primary N) is 1. The van der Waals surface area contributed by atoms with Gasteiger partial charge >= 0.3 is 0 Å². The van der Waals surface area contributed by atoms with E-state index >= 15 is 0 Å². The van der Waals surface area contributed by atoms with Gasteiger partial charge in [0.15, 0.2) is 0 Å². The Morgan fingerprint density at radius 1 is 1.26 bits per heavy atom. The number of anilines is 1. The van der Waals surface area contributed by atoms with Gasteiger partial charge in [-0.1, -0.05) is 20.8 Å². The van der Waals surface area contributed by atoms with Crippen molar-refractivity contribution in [2.24, 2.45) is 0 Å². The number of aryl methyl sites for hydroxylation is 1. The van der Waals surface area contributed by atoms with Crippen LogP contribution >= 0.6 is 11.3 Å². The van der Waals surface area contributed by atoms with E-state index in [1.165, 1.54) is 4.88 Å². The second kappa shape index (κ2) is 4.94. The summed E-state index contributed by atoms with van der Waals surface area (Å²) in [5, 5.41) is 10.5. The van der Waals surface area contributed by atoms with Crippen molar-refractivity contribution in [3.8, 4) is 0 Å². The zero-order chi connectivity index (χ0) is 14.2. The van der Waals surface area contributed by atoms with Crippen LogP contribution in [0.2, 0.25) is 0 Å². The third kappa shape index (κ3) is 2.80. The van der Waals surface area contributed by atoms with E-state index in [0.717, 1.165) is 10.4 Å².